The van der Waals surface area contributed by atoms with E-state index in [1.54, 1.807) is 0 Å². The molecule has 0 atom stereocenters. The summed E-state index contributed by atoms with van der Waals surface area (Å²) in [6, 6.07) is 8.81. The largest absolute Gasteiger partial charge is 0.385 e. The van der Waals surface area contributed by atoms with Crippen molar-refractivity contribution < 1.29 is 0 Å². The minimum atomic E-state index is 0.395. The summed E-state index contributed by atoms with van der Waals surface area (Å²) in [6.07, 6.45) is 1.19. The minimum Gasteiger partial charge on any atom is -0.385 e. The third-order valence-electron chi connectivity index (χ3n) is 3.43. The molecule has 2 heteroatoms. The van der Waals surface area contributed by atoms with E-state index in [1.165, 1.54) is 17.7 Å². The van der Waals surface area contributed by atoms with Crippen LogP contribution in [0, 0.1) is 5.41 Å². The lowest BCUT2D eigenvalue weighted by molar-refractivity contribution is 0.296. The van der Waals surface area contributed by atoms with Crippen molar-refractivity contribution in [2.45, 2.75) is 47.6 Å². The number of nitrogens with one attached hydrogen (secondary N) is 1. The third-order valence-corrected chi connectivity index (χ3v) is 3.43. The molecular formula is C17H30N2. The van der Waals surface area contributed by atoms with Crippen LogP contribution >= 0.6 is 0 Å². The van der Waals surface area contributed by atoms with Gasteiger partial charge in [0, 0.05) is 18.8 Å². The first-order valence-electron chi connectivity index (χ1n) is 7.49. The van der Waals surface area contributed by atoms with Crippen LogP contribution in [-0.4, -0.2) is 24.5 Å². The Bertz CT molecular complexity index is 362. The molecule has 0 unspecified atom stereocenters. The highest BCUT2D eigenvalue weighted by Crippen LogP contribution is 2.19. The van der Waals surface area contributed by atoms with E-state index >= 15 is 0 Å². The van der Waals surface area contributed by atoms with Crippen molar-refractivity contribution in [1.29, 1.82) is 0 Å². The second-order valence-electron chi connectivity index (χ2n) is 6.40. The van der Waals surface area contributed by atoms with Gasteiger partial charge in [-0.1, -0.05) is 46.8 Å². The molecule has 19 heavy (non-hydrogen) atoms. The predicted octanol–water partition coefficient (Wildman–Crippen LogP) is 4.38. The predicted molar refractivity (Wildman–Crippen MR) is 85.6 cm³/mol. The van der Waals surface area contributed by atoms with Crippen LogP contribution in [0.2, 0.25) is 0 Å². The maximum atomic E-state index is 3.53. The summed E-state index contributed by atoms with van der Waals surface area (Å²) in [5.41, 5.74) is 3.03. The van der Waals surface area contributed by atoms with Crippen molar-refractivity contribution >= 4 is 5.69 Å². The number of rotatable bonds is 7. The molecule has 0 aromatic heterocycles. The summed E-state index contributed by atoms with van der Waals surface area (Å²) >= 11 is 0. The van der Waals surface area contributed by atoms with E-state index in [0.717, 1.165) is 26.2 Å². The molecule has 0 bridgehead atoms. The lowest BCUT2D eigenvalue weighted by atomic mass is 9.92. The van der Waals surface area contributed by atoms with E-state index in [4.69, 9.17) is 0 Å². The smallest absolute Gasteiger partial charge is 0.0343 e. The van der Waals surface area contributed by atoms with Gasteiger partial charge < -0.3 is 5.32 Å². The van der Waals surface area contributed by atoms with Crippen LogP contribution in [0.5, 0.6) is 0 Å². The summed E-state index contributed by atoms with van der Waals surface area (Å²) in [5.74, 6) is 0. The average Bonchev–Trinajstić information content (AvgIpc) is 2.35. The third kappa shape index (κ3) is 6.63. The van der Waals surface area contributed by atoms with Crippen LogP contribution in [0.25, 0.3) is 0 Å². The van der Waals surface area contributed by atoms with Gasteiger partial charge in [-0.2, -0.15) is 0 Å². The van der Waals surface area contributed by atoms with Crippen LogP contribution in [-0.2, 0) is 6.54 Å². The van der Waals surface area contributed by atoms with Gasteiger partial charge in [0.2, 0.25) is 0 Å². The Kier molecular flexibility index (Phi) is 6.36. The Labute approximate surface area is 119 Å². The molecule has 0 amide bonds. The van der Waals surface area contributed by atoms with Crippen LogP contribution in [0.15, 0.2) is 24.3 Å². The first-order chi connectivity index (χ1) is 8.94. The van der Waals surface area contributed by atoms with Crippen LogP contribution in [0.1, 0.15) is 46.6 Å². The van der Waals surface area contributed by atoms with Gasteiger partial charge in [0.25, 0.3) is 0 Å². The molecule has 0 fully saturated rings. The number of hydrogen-bond acceptors (Lipinski definition) is 2. The zero-order valence-electron chi connectivity index (χ0n) is 13.3. The van der Waals surface area contributed by atoms with Crippen molar-refractivity contribution in [3.8, 4) is 0 Å². The van der Waals surface area contributed by atoms with Crippen molar-refractivity contribution in [3.05, 3.63) is 29.8 Å². The molecule has 0 aliphatic carbocycles. The van der Waals surface area contributed by atoms with E-state index in [0.29, 0.717) is 5.41 Å². The van der Waals surface area contributed by atoms with Crippen LogP contribution < -0.4 is 5.32 Å². The number of anilines is 1. The normalized spacial score (nSPS) is 11.9. The quantitative estimate of drug-likeness (QED) is 0.784. The number of hydrogen-bond donors (Lipinski definition) is 1. The first-order valence-corrected chi connectivity index (χ1v) is 7.49. The fraction of sp³-hybridized carbons (Fsp3) is 0.647. The fourth-order valence-electron chi connectivity index (χ4n) is 2.07. The van der Waals surface area contributed by atoms with E-state index in [2.05, 4.69) is 69.1 Å². The Morgan fingerprint density at radius 2 is 1.79 bits per heavy atom. The summed E-state index contributed by atoms with van der Waals surface area (Å²) in [5, 5.41) is 3.53. The van der Waals surface area contributed by atoms with Crippen molar-refractivity contribution in [1.82, 2.24) is 4.90 Å². The van der Waals surface area contributed by atoms with E-state index in [9.17, 15) is 0 Å². The van der Waals surface area contributed by atoms with Crippen molar-refractivity contribution in [2.75, 3.05) is 25.0 Å². The van der Waals surface area contributed by atoms with Gasteiger partial charge in [-0.25, -0.2) is 0 Å². The monoisotopic (exact) mass is 262 g/mol. The Balaban J connectivity index is 2.52. The molecule has 0 saturated carbocycles. The highest BCUT2D eigenvalue weighted by Gasteiger charge is 2.09. The zero-order valence-corrected chi connectivity index (χ0v) is 13.3. The van der Waals surface area contributed by atoms with Crippen molar-refractivity contribution in [2.24, 2.45) is 5.41 Å². The van der Waals surface area contributed by atoms with Crippen LogP contribution in [0.4, 0.5) is 5.69 Å². The molecule has 1 rings (SSSR count). The molecule has 108 valence electrons. The summed E-state index contributed by atoms with van der Waals surface area (Å²) in [6.45, 7) is 15.6. The topological polar surface area (TPSA) is 15.3 Å². The lowest BCUT2D eigenvalue weighted by Crippen LogP contribution is -2.22. The summed E-state index contributed by atoms with van der Waals surface area (Å²) in [7, 11) is 0. The Hall–Kier alpha value is -1.02. The maximum Gasteiger partial charge on any atom is 0.0343 e. The molecular weight excluding hydrogens is 232 g/mol. The summed E-state index contributed by atoms with van der Waals surface area (Å²) < 4.78 is 0. The van der Waals surface area contributed by atoms with E-state index in [-0.39, 0.29) is 0 Å². The Morgan fingerprint density at radius 1 is 1.11 bits per heavy atom. The molecule has 1 N–H and O–H groups in total. The first kappa shape index (κ1) is 16.0. The van der Waals surface area contributed by atoms with Gasteiger partial charge in [0.15, 0.2) is 0 Å². The van der Waals surface area contributed by atoms with Gasteiger partial charge in [-0.05, 0) is 42.6 Å². The molecule has 1 aromatic carbocycles. The molecule has 1 aromatic rings. The van der Waals surface area contributed by atoms with E-state index < -0.39 is 0 Å². The van der Waals surface area contributed by atoms with Crippen molar-refractivity contribution in [3.63, 3.8) is 0 Å². The average molecular weight is 262 g/mol. The molecule has 0 saturated heterocycles. The highest BCUT2D eigenvalue weighted by atomic mass is 15.1. The second-order valence-corrected chi connectivity index (χ2v) is 6.40. The maximum absolute atomic E-state index is 3.53. The molecule has 0 radical (unpaired) electrons. The van der Waals surface area contributed by atoms with Gasteiger partial charge in [-0.15, -0.1) is 0 Å². The standard InChI is InChI=1S/C17H30N2/c1-6-19(7-2)14-15-9-8-10-16(13-15)18-12-11-17(3,4)5/h8-10,13,18H,6-7,11-12,14H2,1-5H3. The van der Waals surface area contributed by atoms with Crippen LogP contribution in [0.3, 0.4) is 0 Å². The number of nitrogens with zero attached hydrogens (tertiary/aromatic N) is 1. The molecule has 0 heterocycles. The highest BCUT2D eigenvalue weighted by molar-refractivity contribution is 5.45. The second kappa shape index (κ2) is 7.54. The lowest BCUT2D eigenvalue weighted by Gasteiger charge is -2.20. The van der Waals surface area contributed by atoms with Gasteiger partial charge in [0.05, 0.1) is 0 Å². The Morgan fingerprint density at radius 3 is 2.37 bits per heavy atom. The molecule has 2 nitrogen and oxygen atoms in total. The van der Waals surface area contributed by atoms with Gasteiger partial charge in [-0.3, -0.25) is 4.90 Å². The summed E-state index contributed by atoms with van der Waals surface area (Å²) in [4.78, 5) is 2.44. The zero-order chi connectivity index (χ0) is 14.3. The SMILES string of the molecule is CCN(CC)Cc1cccc(NCCC(C)(C)C)c1. The molecule has 0 aliphatic heterocycles. The van der Waals surface area contributed by atoms with Gasteiger partial charge in [0.1, 0.15) is 0 Å². The molecule has 0 aliphatic rings. The molecule has 0 spiro atoms. The van der Waals surface area contributed by atoms with E-state index in [1.807, 2.05) is 0 Å². The minimum absolute atomic E-state index is 0.395. The fourth-order valence-corrected chi connectivity index (χ4v) is 2.07. The number of benzene rings is 1. The van der Waals surface area contributed by atoms with Gasteiger partial charge >= 0.3 is 0 Å².